The first-order valence-electron chi connectivity index (χ1n) is 7.10. The number of nitrogen functional groups attached to an aromatic ring is 1. The minimum atomic E-state index is 0.610. The normalized spacial score (nSPS) is 23.6. The van der Waals surface area contributed by atoms with E-state index in [9.17, 15) is 0 Å². The molecule has 1 aliphatic rings. The lowest BCUT2D eigenvalue weighted by molar-refractivity contribution is 0.292. The van der Waals surface area contributed by atoms with Crippen LogP contribution in [-0.2, 0) is 0 Å². The van der Waals surface area contributed by atoms with Crippen molar-refractivity contribution in [1.29, 1.82) is 0 Å². The van der Waals surface area contributed by atoms with E-state index in [1.165, 1.54) is 25.7 Å². The molecular weight excluding hydrogens is 238 g/mol. The van der Waals surface area contributed by atoms with Gasteiger partial charge < -0.3 is 15.5 Å². The SMILES string of the molecule is CC1CCCC(CNc2nc3ccc(N)cc3o2)C1. The zero-order chi connectivity index (χ0) is 13.2. The van der Waals surface area contributed by atoms with Crippen molar-refractivity contribution in [2.24, 2.45) is 11.8 Å². The molecule has 19 heavy (non-hydrogen) atoms. The first-order chi connectivity index (χ1) is 9.20. The van der Waals surface area contributed by atoms with Crippen molar-refractivity contribution in [3.63, 3.8) is 0 Å². The van der Waals surface area contributed by atoms with Gasteiger partial charge in [-0.15, -0.1) is 0 Å². The number of nitrogens with one attached hydrogen (secondary N) is 1. The van der Waals surface area contributed by atoms with Crippen molar-refractivity contribution in [2.75, 3.05) is 17.6 Å². The summed E-state index contributed by atoms with van der Waals surface area (Å²) in [6.07, 6.45) is 5.33. The number of hydrogen-bond acceptors (Lipinski definition) is 4. The van der Waals surface area contributed by atoms with Crippen LogP contribution in [0.25, 0.3) is 11.1 Å². The molecule has 1 aliphatic carbocycles. The van der Waals surface area contributed by atoms with Gasteiger partial charge in [0, 0.05) is 18.3 Å². The molecule has 0 radical (unpaired) electrons. The van der Waals surface area contributed by atoms with Crippen LogP contribution in [0.1, 0.15) is 32.6 Å². The van der Waals surface area contributed by atoms with Crippen LogP contribution in [0.2, 0.25) is 0 Å². The van der Waals surface area contributed by atoms with Crippen LogP contribution in [0.4, 0.5) is 11.7 Å². The molecule has 2 atom stereocenters. The molecule has 0 saturated heterocycles. The van der Waals surface area contributed by atoms with Crippen LogP contribution in [0.3, 0.4) is 0 Å². The molecule has 4 heteroatoms. The van der Waals surface area contributed by atoms with Crippen LogP contribution in [-0.4, -0.2) is 11.5 Å². The molecule has 102 valence electrons. The highest BCUT2D eigenvalue weighted by Gasteiger charge is 2.19. The van der Waals surface area contributed by atoms with Gasteiger partial charge in [-0.1, -0.05) is 19.8 Å². The van der Waals surface area contributed by atoms with E-state index in [4.69, 9.17) is 10.2 Å². The number of nitrogens with two attached hydrogens (primary N) is 1. The minimum Gasteiger partial charge on any atom is -0.423 e. The second-order valence-electron chi connectivity index (χ2n) is 5.76. The van der Waals surface area contributed by atoms with Crippen LogP contribution in [0.15, 0.2) is 22.6 Å². The summed E-state index contributed by atoms with van der Waals surface area (Å²) >= 11 is 0. The Morgan fingerprint density at radius 2 is 2.32 bits per heavy atom. The molecule has 1 fully saturated rings. The summed E-state index contributed by atoms with van der Waals surface area (Å²) in [5.41, 5.74) is 8.04. The summed E-state index contributed by atoms with van der Waals surface area (Å²) in [6, 6.07) is 6.16. The second-order valence-corrected chi connectivity index (χ2v) is 5.76. The number of rotatable bonds is 3. The maximum atomic E-state index is 5.73. The topological polar surface area (TPSA) is 64.1 Å². The van der Waals surface area contributed by atoms with E-state index in [0.29, 0.717) is 11.7 Å². The molecular formula is C15H21N3O. The monoisotopic (exact) mass is 259 g/mol. The standard InChI is InChI=1S/C15H21N3O/c1-10-3-2-4-11(7-10)9-17-15-18-13-6-5-12(16)8-14(13)19-15/h5-6,8,10-11H,2-4,7,9,16H2,1H3,(H,17,18). The van der Waals surface area contributed by atoms with E-state index in [0.717, 1.165) is 29.5 Å². The Morgan fingerprint density at radius 1 is 1.42 bits per heavy atom. The van der Waals surface area contributed by atoms with Crippen molar-refractivity contribution in [1.82, 2.24) is 4.98 Å². The van der Waals surface area contributed by atoms with E-state index in [2.05, 4.69) is 17.2 Å². The summed E-state index contributed by atoms with van der Waals surface area (Å²) < 4.78 is 5.66. The molecule has 1 saturated carbocycles. The van der Waals surface area contributed by atoms with E-state index in [1.807, 2.05) is 18.2 Å². The Labute approximate surface area is 113 Å². The highest BCUT2D eigenvalue weighted by Crippen LogP contribution is 2.29. The zero-order valence-electron chi connectivity index (χ0n) is 11.4. The van der Waals surface area contributed by atoms with Gasteiger partial charge in [-0.05, 0) is 36.8 Å². The second kappa shape index (κ2) is 5.11. The third-order valence-electron chi connectivity index (χ3n) is 4.00. The summed E-state index contributed by atoms with van der Waals surface area (Å²) in [6.45, 7) is 3.29. The average Bonchev–Trinajstić information content (AvgIpc) is 2.78. The molecule has 1 heterocycles. The summed E-state index contributed by atoms with van der Waals surface area (Å²) in [7, 11) is 0. The Balaban J connectivity index is 1.65. The fourth-order valence-corrected chi connectivity index (χ4v) is 2.99. The number of benzene rings is 1. The lowest BCUT2D eigenvalue weighted by atomic mass is 9.82. The predicted octanol–water partition coefficient (Wildman–Crippen LogP) is 3.65. The van der Waals surface area contributed by atoms with Gasteiger partial charge in [0.25, 0.3) is 6.01 Å². The first-order valence-corrected chi connectivity index (χ1v) is 7.10. The molecule has 3 N–H and O–H groups in total. The van der Waals surface area contributed by atoms with E-state index < -0.39 is 0 Å². The number of nitrogens with zero attached hydrogens (tertiary/aromatic N) is 1. The number of hydrogen-bond donors (Lipinski definition) is 2. The van der Waals surface area contributed by atoms with Gasteiger partial charge in [0.05, 0.1) is 0 Å². The number of oxazole rings is 1. The highest BCUT2D eigenvalue weighted by molar-refractivity contribution is 5.78. The van der Waals surface area contributed by atoms with Gasteiger partial charge in [0.2, 0.25) is 0 Å². The van der Waals surface area contributed by atoms with E-state index >= 15 is 0 Å². The molecule has 0 aliphatic heterocycles. The van der Waals surface area contributed by atoms with E-state index in [-0.39, 0.29) is 0 Å². The zero-order valence-corrected chi connectivity index (χ0v) is 11.4. The van der Waals surface area contributed by atoms with Gasteiger partial charge in [-0.3, -0.25) is 0 Å². The van der Waals surface area contributed by atoms with Crippen LogP contribution >= 0.6 is 0 Å². The molecule has 3 rings (SSSR count). The third-order valence-corrected chi connectivity index (χ3v) is 4.00. The molecule has 1 aromatic heterocycles. The molecule has 2 aromatic rings. The maximum absolute atomic E-state index is 5.73. The molecule has 0 amide bonds. The summed E-state index contributed by atoms with van der Waals surface area (Å²) in [4.78, 5) is 4.42. The van der Waals surface area contributed by atoms with Crippen molar-refractivity contribution in [3.05, 3.63) is 18.2 Å². The Kier molecular flexibility index (Phi) is 3.32. The minimum absolute atomic E-state index is 0.610. The quantitative estimate of drug-likeness (QED) is 0.826. The Morgan fingerprint density at radius 3 is 3.16 bits per heavy atom. The largest absolute Gasteiger partial charge is 0.423 e. The maximum Gasteiger partial charge on any atom is 0.295 e. The third kappa shape index (κ3) is 2.83. The highest BCUT2D eigenvalue weighted by atomic mass is 16.4. The number of anilines is 2. The number of fused-ring (bicyclic) bond motifs is 1. The van der Waals surface area contributed by atoms with Crippen molar-refractivity contribution in [3.8, 4) is 0 Å². The lowest BCUT2D eigenvalue weighted by Crippen LogP contribution is -2.21. The lowest BCUT2D eigenvalue weighted by Gasteiger charge is -2.26. The Hall–Kier alpha value is -1.71. The van der Waals surface area contributed by atoms with Gasteiger partial charge >= 0.3 is 0 Å². The Bertz CT molecular complexity index is 564. The van der Waals surface area contributed by atoms with Gasteiger partial charge in [-0.25, -0.2) is 0 Å². The van der Waals surface area contributed by atoms with Crippen LogP contribution in [0, 0.1) is 11.8 Å². The summed E-state index contributed by atoms with van der Waals surface area (Å²) in [5, 5.41) is 3.33. The van der Waals surface area contributed by atoms with Crippen LogP contribution < -0.4 is 11.1 Å². The van der Waals surface area contributed by atoms with Crippen molar-refractivity contribution >= 4 is 22.8 Å². The smallest absolute Gasteiger partial charge is 0.295 e. The molecule has 2 unspecified atom stereocenters. The summed E-state index contributed by atoms with van der Waals surface area (Å²) in [5.74, 6) is 1.59. The molecule has 1 aromatic carbocycles. The molecule has 0 spiro atoms. The first kappa shape index (κ1) is 12.3. The average molecular weight is 259 g/mol. The number of aromatic nitrogens is 1. The van der Waals surface area contributed by atoms with Crippen molar-refractivity contribution < 1.29 is 4.42 Å². The van der Waals surface area contributed by atoms with Gasteiger partial charge in [-0.2, -0.15) is 4.98 Å². The predicted molar refractivity (Wildman–Crippen MR) is 78.0 cm³/mol. The van der Waals surface area contributed by atoms with Gasteiger partial charge in [0.1, 0.15) is 5.52 Å². The van der Waals surface area contributed by atoms with Crippen molar-refractivity contribution in [2.45, 2.75) is 32.6 Å². The van der Waals surface area contributed by atoms with E-state index in [1.54, 1.807) is 0 Å². The molecule has 4 nitrogen and oxygen atoms in total. The molecule has 0 bridgehead atoms. The fraction of sp³-hybridized carbons (Fsp3) is 0.533. The fourth-order valence-electron chi connectivity index (χ4n) is 2.99. The van der Waals surface area contributed by atoms with Gasteiger partial charge in [0.15, 0.2) is 5.58 Å². The van der Waals surface area contributed by atoms with Crippen LogP contribution in [0.5, 0.6) is 0 Å².